The van der Waals surface area contributed by atoms with E-state index in [1.54, 1.807) is 0 Å². The molecule has 0 aliphatic carbocycles. The normalized spacial score (nSPS) is 11.2. The first kappa shape index (κ1) is 15.1. The van der Waals surface area contributed by atoms with Crippen LogP contribution in [0.1, 0.15) is 12.8 Å². The van der Waals surface area contributed by atoms with Crippen LogP contribution in [0.3, 0.4) is 0 Å². The Balaban J connectivity index is 3.14. The van der Waals surface area contributed by atoms with Crippen LogP contribution in [0.2, 0.25) is 0 Å². The molecule has 0 amide bonds. The lowest BCUT2D eigenvalue weighted by molar-refractivity contribution is 0.569. The first-order chi connectivity index (χ1) is 8.81. The number of nitriles is 1. The second-order valence-electron chi connectivity index (χ2n) is 3.91. The molecule has 19 heavy (non-hydrogen) atoms. The molecule has 104 valence electrons. The summed E-state index contributed by atoms with van der Waals surface area (Å²) in [4.78, 5) is 22.7. The molecule has 8 nitrogen and oxygen atoms in total. The zero-order chi connectivity index (χ0) is 14.6. The van der Waals surface area contributed by atoms with Crippen LogP contribution in [-0.2, 0) is 24.1 Å². The lowest BCUT2D eigenvalue weighted by atomic mass is 10.3. The van der Waals surface area contributed by atoms with Gasteiger partial charge in [0.1, 0.15) is 0 Å². The van der Waals surface area contributed by atoms with Crippen LogP contribution < -0.4 is 16.0 Å². The lowest BCUT2D eigenvalue weighted by Crippen LogP contribution is -2.41. The Hall–Kier alpha value is -1.92. The Morgan fingerprint density at radius 2 is 2.00 bits per heavy atom. The van der Waals surface area contributed by atoms with Crippen molar-refractivity contribution in [1.82, 2.24) is 13.9 Å². The van der Waals surface area contributed by atoms with Crippen LogP contribution in [-0.4, -0.2) is 24.1 Å². The van der Waals surface area contributed by atoms with Crippen molar-refractivity contribution in [3.05, 3.63) is 27.0 Å². The standard InChI is InChI=1S/C10H14N4O4S/c1-13-7-8(9(15)14(2)10(13)16)19(17,18)12-6-4-3-5-11/h7,12H,3-4,6H2,1-2H3. The highest BCUT2D eigenvalue weighted by molar-refractivity contribution is 7.89. The molecule has 1 aromatic rings. The molecule has 0 saturated carbocycles. The first-order valence-electron chi connectivity index (χ1n) is 5.44. The van der Waals surface area contributed by atoms with Crippen molar-refractivity contribution in [2.45, 2.75) is 17.7 Å². The summed E-state index contributed by atoms with van der Waals surface area (Å²) in [6, 6.07) is 1.88. The number of hydrogen-bond donors (Lipinski definition) is 1. The van der Waals surface area contributed by atoms with Gasteiger partial charge in [-0.05, 0) is 6.42 Å². The number of aryl methyl sites for hydroxylation is 1. The molecule has 0 aromatic carbocycles. The minimum Gasteiger partial charge on any atom is -0.302 e. The highest BCUT2D eigenvalue weighted by atomic mass is 32.2. The van der Waals surface area contributed by atoms with Crippen molar-refractivity contribution in [2.75, 3.05) is 6.54 Å². The fourth-order valence-corrected chi connectivity index (χ4v) is 2.64. The summed E-state index contributed by atoms with van der Waals surface area (Å²) in [5.41, 5.74) is -1.48. The highest BCUT2D eigenvalue weighted by Gasteiger charge is 2.20. The molecule has 0 radical (unpaired) electrons. The molecule has 1 N–H and O–H groups in total. The molecule has 1 heterocycles. The molecule has 0 fully saturated rings. The molecule has 9 heteroatoms. The van der Waals surface area contributed by atoms with Gasteiger partial charge in [-0.15, -0.1) is 0 Å². The molecular weight excluding hydrogens is 272 g/mol. The van der Waals surface area contributed by atoms with Gasteiger partial charge in [0.15, 0.2) is 4.90 Å². The highest BCUT2D eigenvalue weighted by Crippen LogP contribution is 2.00. The monoisotopic (exact) mass is 286 g/mol. The van der Waals surface area contributed by atoms with Gasteiger partial charge >= 0.3 is 5.69 Å². The lowest BCUT2D eigenvalue weighted by Gasteiger charge is -2.08. The average Bonchev–Trinajstić information content (AvgIpc) is 2.36. The van der Waals surface area contributed by atoms with E-state index in [4.69, 9.17) is 5.26 Å². The van der Waals surface area contributed by atoms with E-state index < -0.39 is 26.2 Å². The third-order valence-corrected chi connectivity index (χ3v) is 3.91. The zero-order valence-corrected chi connectivity index (χ0v) is 11.4. The van der Waals surface area contributed by atoms with Crippen molar-refractivity contribution >= 4 is 10.0 Å². The van der Waals surface area contributed by atoms with E-state index >= 15 is 0 Å². The third kappa shape index (κ3) is 3.30. The number of hydrogen-bond acceptors (Lipinski definition) is 5. The molecule has 0 spiro atoms. The molecule has 1 aromatic heterocycles. The van der Waals surface area contributed by atoms with Crippen LogP contribution in [0.5, 0.6) is 0 Å². The van der Waals surface area contributed by atoms with E-state index in [1.807, 2.05) is 6.07 Å². The zero-order valence-electron chi connectivity index (χ0n) is 10.6. The van der Waals surface area contributed by atoms with E-state index in [0.29, 0.717) is 6.42 Å². The Morgan fingerprint density at radius 1 is 1.37 bits per heavy atom. The minimum absolute atomic E-state index is 0.0574. The van der Waals surface area contributed by atoms with Gasteiger partial charge in [0, 0.05) is 33.3 Å². The van der Waals surface area contributed by atoms with Crippen LogP contribution >= 0.6 is 0 Å². The van der Waals surface area contributed by atoms with E-state index in [9.17, 15) is 18.0 Å². The summed E-state index contributed by atoms with van der Waals surface area (Å²) in [6.07, 6.45) is 1.55. The molecule has 0 aliphatic heterocycles. The van der Waals surface area contributed by atoms with Crippen LogP contribution in [0.4, 0.5) is 0 Å². The van der Waals surface area contributed by atoms with Crippen molar-refractivity contribution < 1.29 is 8.42 Å². The predicted molar refractivity (Wildman–Crippen MR) is 67.0 cm³/mol. The smallest absolute Gasteiger partial charge is 0.302 e. The number of nitrogens with one attached hydrogen (secondary N) is 1. The molecule has 0 unspecified atom stereocenters. The van der Waals surface area contributed by atoms with E-state index in [-0.39, 0.29) is 13.0 Å². The van der Waals surface area contributed by atoms with E-state index in [0.717, 1.165) is 15.3 Å². The maximum Gasteiger partial charge on any atom is 0.330 e. The number of sulfonamides is 1. The Labute approximate surface area is 110 Å². The van der Waals surface area contributed by atoms with Crippen molar-refractivity contribution in [1.29, 1.82) is 5.26 Å². The summed E-state index contributed by atoms with van der Waals surface area (Å²) < 4.78 is 27.8. The molecule has 0 atom stereocenters. The van der Waals surface area contributed by atoms with Gasteiger partial charge in [0.2, 0.25) is 10.0 Å². The largest absolute Gasteiger partial charge is 0.330 e. The average molecular weight is 286 g/mol. The Kier molecular flexibility index (Phi) is 4.63. The molecule has 0 bridgehead atoms. The third-order valence-electron chi connectivity index (χ3n) is 2.46. The van der Waals surface area contributed by atoms with Gasteiger partial charge in [-0.1, -0.05) is 0 Å². The van der Waals surface area contributed by atoms with Crippen molar-refractivity contribution in [3.8, 4) is 6.07 Å². The second-order valence-corrected chi connectivity index (χ2v) is 5.65. The van der Waals surface area contributed by atoms with Crippen LogP contribution in [0, 0.1) is 11.3 Å². The van der Waals surface area contributed by atoms with E-state index in [2.05, 4.69) is 4.72 Å². The van der Waals surface area contributed by atoms with E-state index in [1.165, 1.54) is 14.1 Å². The summed E-state index contributed by atoms with van der Waals surface area (Å²) in [7, 11) is -1.42. The minimum atomic E-state index is -3.99. The van der Waals surface area contributed by atoms with Crippen LogP contribution in [0.15, 0.2) is 20.7 Å². The maximum absolute atomic E-state index is 11.9. The number of aromatic nitrogens is 2. The summed E-state index contributed by atoms with van der Waals surface area (Å²) in [6.45, 7) is 0.0574. The van der Waals surface area contributed by atoms with Crippen LogP contribution in [0.25, 0.3) is 0 Å². The molecule has 0 aliphatic rings. The topological polar surface area (TPSA) is 114 Å². The Morgan fingerprint density at radius 3 is 2.58 bits per heavy atom. The first-order valence-corrected chi connectivity index (χ1v) is 6.93. The molecule has 1 rings (SSSR count). The predicted octanol–water partition coefficient (Wildman–Crippen LogP) is -1.33. The summed E-state index contributed by atoms with van der Waals surface area (Å²) in [5, 5.41) is 8.34. The number of unbranched alkanes of at least 4 members (excludes halogenated alkanes) is 1. The molecular formula is C10H14N4O4S. The summed E-state index contributed by atoms with van der Waals surface area (Å²) >= 11 is 0. The fourth-order valence-electron chi connectivity index (χ4n) is 1.41. The van der Waals surface area contributed by atoms with Gasteiger partial charge in [-0.25, -0.2) is 17.9 Å². The maximum atomic E-state index is 11.9. The quantitative estimate of drug-likeness (QED) is 0.673. The van der Waals surface area contributed by atoms with Gasteiger partial charge in [-0.2, -0.15) is 5.26 Å². The van der Waals surface area contributed by atoms with Gasteiger partial charge in [0.25, 0.3) is 5.56 Å². The molecule has 0 saturated heterocycles. The SMILES string of the molecule is Cn1cc(S(=O)(=O)NCCCC#N)c(=O)n(C)c1=O. The second kappa shape index (κ2) is 5.81. The van der Waals surface area contributed by atoms with Gasteiger partial charge in [-0.3, -0.25) is 9.36 Å². The number of nitrogens with zero attached hydrogens (tertiary/aromatic N) is 3. The number of rotatable bonds is 5. The Bertz CT molecular complexity index is 723. The van der Waals surface area contributed by atoms with Gasteiger partial charge in [0.05, 0.1) is 6.07 Å². The summed E-state index contributed by atoms with van der Waals surface area (Å²) in [5.74, 6) is 0. The fraction of sp³-hybridized carbons (Fsp3) is 0.500. The van der Waals surface area contributed by atoms with Gasteiger partial charge < -0.3 is 4.57 Å². The van der Waals surface area contributed by atoms with Crippen molar-refractivity contribution in [2.24, 2.45) is 14.1 Å². The van der Waals surface area contributed by atoms with Crippen molar-refractivity contribution in [3.63, 3.8) is 0 Å².